The minimum Gasteiger partial charge on any atom is -0.394 e. The molecular formula is C14H24O9. The first-order valence-corrected chi connectivity index (χ1v) is 7.73. The topological polar surface area (TPSA) is 127 Å². The van der Waals surface area contributed by atoms with Gasteiger partial charge in [0.2, 0.25) is 0 Å². The van der Waals surface area contributed by atoms with E-state index in [1.54, 1.807) is 6.92 Å². The average Bonchev–Trinajstić information content (AvgIpc) is 2.84. The molecule has 3 heterocycles. The van der Waals surface area contributed by atoms with Crippen LogP contribution in [0.3, 0.4) is 0 Å². The van der Waals surface area contributed by atoms with Crippen LogP contribution in [0.5, 0.6) is 0 Å². The highest BCUT2D eigenvalue weighted by molar-refractivity contribution is 4.99. The van der Waals surface area contributed by atoms with E-state index in [9.17, 15) is 20.4 Å². The molecule has 3 rings (SSSR count). The van der Waals surface area contributed by atoms with Gasteiger partial charge < -0.3 is 44.1 Å². The van der Waals surface area contributed by atoms with Gasteiger partial charge in [-0.25, -0.2) is 0 Å². The first-order chi connectivity index (χ1) is 11.0. The average molecular weight is 336 g/mol. The molecule has 3 saturated heterocycles. The van der Waals surface area contributed by atoms with Crippen molar-refractivity contribution in [2.45, 2.75) is 68.1 Å². The molecule has 0 radical (unpaired) electrons. The predicted octanol–water partition coefficient (Wildman–Crippen LogP) is -2.63. The largest absolute Gasteiger partial charge is 0.394 e. The minimum atomic E-state index is -1.26. The molecule has 10 atom stereocenters. The van der Waals surface area contributed by atoms with Crippen molar-refractivity contribution in [3.63, 3.8) is 0 Å². The summed E-state index contributed by atoms with van der Waals surface area (Å²) in [6, 6.07) is 0. The van der Waals surface area contributed by atoms with Gasteiger partial charge in [0, 0.05) is 7.11 Å². The van der Waals surface area contributed by atoms with Crippen molar-refractivity contribution < 1.29 is 44.1 Å². The molecule has 9 heteroatoms. The van der Waals surface area contributed by atoms with E-state index >= 15 is 0 Å². The molecule has 0 aliphatic carbocycles. The minimum absolute atomic E-state index is 0.277. The maximum Gasteiger partial charge on any atom is 0.187 e. The molecule has 3 aliphatic heterocycles. The van der Waals surface area contributed by atoms with Gasteiger partial charge in [0.15, 0.2) is 6.29 Å². The standard InChI is InChI=1S/C14H24O9/c1-5-8(16)13-11(7(21-5)4-20-13)23-14-10(18)12(19-2)9(17)6(3-15)22-14/h5-18H,3-4H2,1-2H3/t5-,6+,7+,8+,9-,10+,11-,12-,13-,14+/m0/s1. The van der Waals surface area contributed by atoms with Crippen LogP contribution in [0, 0.1) is 0 Å². The molecule has 2 bridgehead atoms. The molecule has 23 heavy (non-hydrogen) atoms. The third-order valence-electron chi connectivity index (χ3n) is 4.74. The summed E-state index contributed by atoms with van der Waals surface area (Å²) in [5, 5.41) is 39.7. The van der Waals surface area contributed by atoms with Gasteiger partial charge >= 0.3 is 0 Å². The first-order valence-electron chi connectivity index (χ1n) is 7.73. The molecule has 9 nitrogen and oxygen atoms in total. The highest BCUT2D eigenvalue weighted by atomic mass is 16.7. The van der Waals surface area contributed by atoms with Crippen molar-refractivity contribution in [3.05, 3.63) is 0 Å². The maximum atomic E-state index is 10.3. The molecule has 134 valence electrons. The van der Waals surface area contributed by atoms with E-state index in [4.69, 9.17) is 23.7 Å². The zero-order chi connectivity index (χ0) is 16.7. The molecule has 3 fully saturated rings. The summed E-state index contributed by atoms with van der Waals surface area (Å²) >= 11 is 0. The molecule has 0 unspecified atom stereocenters. The maximum absolute atomic E-state index is 10.3. The van der Waals surface area contributed by atoms with Crippen LogP contribution in [-0.4, -0.2) is 102 Å². The second-order valence-corrected chi connectivity index (χ2v) is 6.18. The first kappa shape index (κ1) is 17.5. The van der Waals surface area contributed by atoms with E-state index in [0.29, 0.717) is 0 Å². The Bertz CT molecular complexity index is 408. The van der Waals surface area contributed by atoms with Crippen LogP contribution >= 0.6 is 0 Å². The molecule has 0 saturated carbocycles. The quantitative estimate of drug-likeness (QED) is 0.436. The number of rotatable bonds is 4. The molecule has 4 N–H and O–H groups in total. The van der Waals surface area contributed by atoms with E-state index in [1.165, 1.54) is 7.11 Å². The summed E-state index contributed by atoms with van der Waals surface area (Å²) in [5.41, 5.74) is 0. The van der Waals surface area contributed by atoms with E-state index < -0.39 is 55.6 Å². The lowest BCUT2D eigenvalue weighted by atomic mass is 9.97. The van der Waals surface area contributed by atoms with E-state index in [1.807, 2.05) is 0 Å². The SMILES string of the molecule is CO[C@H]1[C@@H](O)[C@@H](CO)O[C@H](O[C@@H]2[C@H]3OC[C@H]2O[C@@H](C)[C@H]3O)[C@@H]1O. The molecule has 0 spiro atoms. The summed E-state index contributed by atoms with van der Waals surface area (Å²) in [5.74, 6) is 0. The number of ether oxygens (including phenoxy) is 5. The van der Waals surface area contributed by atoms with Gasteiger partial charge in [-0.05, 0) is 6.92 Å². The molecule has 0 amide bonds. The third kappa shape index (κ3) is 3.01. The van der Waals surface area contributed by atoms with E-state index in [0.717, 1.165) is 0 Å². The molecule has 0 aromatic carbocycles. The lowest BCUT2D eigenvalue weighted by molar-refractivity contribution is -0.330. The Morgan fingerprint density at radius 1 is 1.04 bits per heavy atom. The van der Waals surface area contributed by atoms with Crippen LogP contribution in [0.2, 0.25) is 0 Å². The van der Waals surface area contributed by atoms with Gasteiger partial charge in [-0.1, -0.05) is 0 Å². The van der Waals surface area contributed by atoms with Crippen LogP contribution in [0.15, 0.2) is 0 Å². The Kier molecular flexibility index (Phi) is 5.21. The van der Waals surface area contributed by atoms with Crippen molar-refractivity contribution in [2.75, 3.05) is 20.3 Å². The molecular weight excluding hydrogens is 312 g/mol. The van der Waals surface area contributed by atoms with Crippen LogP contribution < -0.4 is 0 Å². The number of methoxy groups -OCH3 is 1. The molecule has 0 aromatic rings. The lowest BCUT2D eigenvalue weighted by Gasteiger charge is -2.44. The van der Waals surface area contributed by atoms with Gasteiger partial charge in [0.25, 0.3) is 0 Å². The van der Waals surface area contributed by atoms with E-state index in [2.05, 4.69) is 0 Å². The van der Waals surface area contributed by atoms with Gasteiger partial charge in [0.1, 0.15) is 48.8 Å². The van der Waals surface area contributed by atoms with Crippen molar-refractivity contribution in [3.8, 4) is 0 Å². The van der Waals surface area contributed by atoms with Crippen molar-refractivity contribution in [1.29, 1.82) is 0 Å². The monoisotopic (exact) mass is 336 g/mol. The van der Waals surface area contributed by atoms with Crippen LogP contribution in [0.4, 0.5) is 0 Å². The van der Waals surface area contributed by atoms with Crippen LogP contribution in [-0.2, 0) is 23.7 Å². The highest BCUT2D eigenvalue weighted by Crippen LogP contribution is 2.34. The normalized spacial score (nSPS) is 53.5. The highest BCUT2D eigenvalue weighted by Gasteiger charge is 2.53. The summed E-state index contributed by atoms with van der Waals surface area (Å²) in [7, 11) is 1.34. The second-order valence-electron chi connectivity index (χ2n) is 6.18. The van der Waals surface area contributed by atoms with Crippen LogP contribution in [0.25, 0.3) is 0 Å². The third-order valence-corrected chi connectivity index (χ3v) is 4.74. The van der Waals surface area contributed by atoms with E-state index in [-0.39, 0.29) is 18.8 Å². The summed E-state index contributed by atoms with van der Waals surface area (Å²) in [6.07, 6.45) is -8.28. The fourth-order valence-electron chi connectivity index (χ4n) is 3.40. The summed E-state index contributed by atoms with van der Waals surface area (Å²) < 4.78 is 27.5. The van der Waals surface area contributed by atoms with Gasteiger partial charge in [0.05, 0.1) is 19.3 Å². The van der Waals surface area contributed by atoms with Gasteiger partial charge in [-0.3, -0.25) is 0 Å². The number of aliphatic hydroxyl groups excluding tert-OH is 4. The predicted molar refractivity (Wildman–Crippen MR) is 73.5 cm³/mol. The van der Waals surface area contributed by atoms with Crippen molar-refractivity contribution >= 4 is 0 Å². The van der Waals surface area contributed by atoms with Gasteiger partial charge in [-0.2, -0.15) is 0 Å². The Morgan fingerprint density at radius 3 is 2.43 bits per heavy atom. The summed E-state index contributed by atoms with van der Waals surface area (Å²) in [6.45, 7) is 1.58. The van der Waals surface area contributed by atoms with Crippen molar-refractivity contribution in [2.24, 2.45) is 0 Å². The van der Waals surface area contributed by atoms with Crippen LogP contribution in [0.1, 0.15) is 6.92 Å². The Morgan fingerprint density at radius 2 is 1.78 bits per heavy atom. The number of hydrogen-bond acceptors (Lipinski definition) is 9. The Labute approximate surface area is 133 Å². The Hall–Kier alpha value is -0.360. The second kappa shape index (κ2) is 6.87. The lowest BCUT2D eigenvalue weighted by Crippen LogP contribution is -2.62. The fraction of sp³-hybridized carbons (Fsp3) is 1.00. The zero-order valence-corrected chi connectivity index (χ0v) is 13.0. The number of fused-ring (bicyclic) bond motifs is 2. The zero-order valence-electron chi connectivity index (χ0n) is 13.0. The smallest absolute Gasteiger partial charge is 0.187 e. The number of hydrogen-bond donors (Lipinski definition) is 4. The van der Waals surface area contributed by atoms with Gasteiger partial charge in [-0.15, -0.1) is 0 Å². The van der Waals surface area contributed by atoms with Crippen molar-refractivity contribution in [1.82, 2.24) is 0 Å². The molecule has 0 aromatic heterocycles. The number of aliphatic hydroxyl groups is 4. The fourth-order valence-corrected chi connectivity index (χ4v) is 3.40. The Balaban J connectivity index is 1.72. The molecule has 3 aliphatic rings. The summed E-state index contributed by atoms with van der Waals surface area (Å²) in [4.78, 5) is 0.